The zero-order valence-electron chi connectivity index (χ0n) is 18.2. The van der Waals surface area contributed by atoms with Gasteiger partial charge in [0.25, 0.3) is 5.91 Å². The summed E-state index contributed by atoms with van der Waals surface area (Å²) in [7, 11) is -2.20. The van der Waals surface area contributed by atoms with Gasteiger partial charge in [0.1, 0.15) is 5.65 Å². The molecule has 0 bridgehead atoms. The van der Waals surface area contributed by atoms with Gasteiger partial charge in [-0.1, -0.05) is 17.7 Å². The number of aromatic nitrogens is 2. The van der Waals surface area contributed by atoms with Crippen LogP contribution in [0.25, 0.3) is 16.6 Å². The van der Waals surface area contributed by atoms with Crippen LogP contribution >= 0.6 is 11.6 Å². The van der Waals surface area contributed by atoms with E-state index >= 15 is 0 Å². The number of pyridine rings is 1. The van der Waals surface area contributed by atoms with Crippen molar-refractivity contribution in [2.45, 2.75) is 31.2 Å². The smallest absolute Gasteiger partial charge is 0.255 e. The van der Waals surface area contributed by atoms with E-state index in [9.17, 15) is 13.2 Å². The topological polar surface area (TPSA) is 86.4 Å². The lowest BCUT2D eigenvalue weighted by Gasteiger charge is -2.27. The lowest BCUT2D eigenvalue weighted by atomic mass is 9.99. The molecule has 0 spiro atoms. The van der Waals surface area contributed by atoms with Gasteiger partial charge >= 0.3 is 0 Å². The van der Waals surface area contributed by atoms with E-state index in [1.807, 2.05) is 24.4 Å². The summed E-state index contributed by atoms with van der Waals surface area (Å²) in [6.45, 7) is 4.51. The van der Waals surface area contributed by atoms with E-state index in [1.54, 1.807) is 24.9 Å². The molecule has 1 aliphatic rings. The molecular weight excluding hydrogens is 448 g/mol. The molecule has 0 aliphatic carbocycles. The summed E-state index contributed by atoms with van der Waals surface area (Å²) in [5.41, 5.74) is 3.26. The number of hydrogen-bond donors (Lipinski definition) is 1. The van der Waals surface area contributed by atoms with Crippen LogP contribution in [0.1, 0.15) is 36.2 Å². The van der Waals surface area contributed by atoms with Crippen LogP contribution in [0.2, 0.25) is 5.02 Å². The van der Waals surface area contributed by atoms with Crippen LogP contribution in [0, 0.1) is 0 Å². The number of nitrogens with zero attached hydrogens (tertiary/aromatic N) is 3. The maximum Gasteiger partial charge on any atom is 0.255 e. The third-order valence-electron chi connectivity index (χ3n) is 5.87. The number of aromatic amines is 1. The van der Waals surface area contributed by atoms with Gasteiger partial charge in [-0.3, -0.25) is 4.79 Å². The van der Waals surface area contributed by atoms with Gasteiger partial charge in [0.05, 0.1) is 15.5 Å². The molecule has 3 aromatic rings. The van der Waals surface area contributed by atoms with E-state index in [4.69, 9.17) is 11.6 Å². The number of fused-ring (bicyclic) bond motifs is 1. The Balaban J connectivity index is 1.58. The number of hydrogen-bond acceptors (Lipinski definition) is 4. The molecular formula is C23H25ClN4O3S. The molecule has 1 amide bonds. The number of sulfonamides is 1. The van der Waals surface area contributed by atoms with Gasteiger partial charge in [0.15, 0.2) is 0 Å². The number of benzene rings is 1. The van der Waals surface area contributed by atoms with Crippen molar-refractivity contribution >= 4 is 44.1 Å². The third-order valence-corrected chi connectivity index (χ3v) is 8.22. The van der Waals surface area contributed by atoms with Crippen LogP contribution in [-0.4, -0.2) is 59.7 Å². The predicted octanol–water partition coefficient (Wildman–Crippen LogP) is 4.17. The number of H-pyrrole nitrogens is 1. The summed E-state index contributed by atoms with van der Waals surface area (Å²) in [6, 6.07) is 8.00. The minimum absolute atomic E-state index is 0.0565. The average Bonchev–Trinajstić information content (AvgIpc) is 3.22. The number of carbonyl (C=O) groups is 1. The van der Waals surface area contributed by atoms with Crippen LogP contribution in [0.3, 0.4) is 0 Å². The Hall–Kier alpha value is -2.68. The number of rotatable bonds is 5. The number of halogens is 1. The van der Waals surface area contributed by atoms with E-state index in [-0.39, 0.29) is 27.4 Å². The molecule has 7 nitrogen and oxygen atoms in total. The fourth-order valence-corrected chi connectivity index (χ4v) is 5.36. The molecule has 0 saturated carbocycles. The van der Waals surface area contributed by atoms with E-state index in [2.05, 4.69) is 9.97 Å². The van der Waals surface area contributed by atoms with Gasteiger partial charge in [0, 0.05) is 49.5 Å². The molecule has 0 saturated heterocycles. The largest absolute Gasteiger partial charge is 0.346 e. The molecule has 9 heteroatoms. The van der Waals surface area contributed by atoms with Crippen LogP contribution in [0.5, 0.6) is 0 Å². The Bertz CT molecular complexity index is 1310. The standard InChI is InChI=1S/C23H25ClN4O3S/c1-15(2)27(3)32(30,31)17-6-7-21(24)19(13-17)23(29)28-11-8-16(9-12-28)20-14-26-22-18(20)5-4-10-25-22/h4-8,10,13-15H,9,11-12H2,1-3H3,(H,25,26). The minimum atomic E-state index is -3.72. The quantitative estimate of drug-likeness (QED) is 0.603. The predicted molar refractivity (Wildman–Crippen MR) is 126 cm³/mol. The number of carbonyl (C=O) groups excluding carboxylic acids is 1. The summed E-state index contributed by atoms with van der Waals surface area (Å²) < 4.78 is 27.0. The molecule has 1 aromatic carbocycles. The van der Waals surface area contributed by atoms with Crippen molar-refractivity contribution in [3.63, 3.8) is 0 Å². The molecule has 32 heavy (non-hydrogen) atoms. The summed E-state index contributed by atoms with van der Waals surface area (Å²) in [4.78, 5) is 22.4. The number of amides is 1. The maximum absolute atomic E-state index is 13.2. The van der Waals surface area contributed by atoms with Crippen molar-refractivity contribution in [1.82, 2.24) is 19.2 Å². The highest BCUT2D eigenvalue weighted by Gasteiger charge is 2.27. The molecule has 0 unspecified atom stereocenters. The minimum Gasteiger partial charge on any atom is -0.346 e. The molecule has 1 aliphatic heterocycles. The zero-order chi connectivity index (χ0) is 23.0. The van der Waals surface area contributed by atoms with Crippen molar-refractivity contribution in [3.8, 4) is 0 Å². The van der Waals surface area contributed by atoms with E-state index in [1.165, 1.54) is 29.6 Å². The molecule has 1 N–H and O–H groups in total. The fourth-order valence-electron chi connectivity index (χ4n) is 3.76. The summed E-state index contributed by atoms with van der Waals surface area (Å²) in [5, 5.41) is 1.28. The molecule has 3 heterocycles. The molecule has 0 radical (unpaired) electrons. The fraction of sp³-hybridized carbons (Fsp3) is 0.304. The van der Waals surface area contributed by atoms with Crippen LogP contribution in [0.15, 0.2) is 53.7 Å². The third kappa shape index (κ3) is 4.05. The lowest BCUT2D eigenvalue weighted by molar-refractivity contribution is 0.0773. The van der Waals surface area contributed by atoms with Crippen molar-refractivity contribution in [1.29, 1.82) is 0 Å². The first-order chi connectivity index (χ1) is 15.2. The van der Waals surface area contributed by atoms with Crippen molar-refractivity contribution in [3.05, 3.63) is 65.0 Å². The Kier molecular flexibility index (Phi) is 6.11. The van der Waals surface area contributed by atoms with Crippen molar-refractivity contribution in [2.24, 2.45) is 0 Å². The molecule has 0 fully saturated rings. The highest BCUT2D eigenvalue weighted by molar-refractivity contribution is 7.89. The first kappa shape index (κ1) is 22.5. The Morgan fingerprint density at radius 2 is 2.06 bits per heavy atom. The summed E-state index contributed by atoms with van der Waals surface area (Å²) >= 11 is 6.30. The van der Waals surface area contributed by atoms with Crippen molar-refractivity contribution < 1.29 is 13.2 Å². The van der Waals surface area contributed by atoms with Crippen LogP contribution in [0.4, 0.5) is 0 Å². The summed E-state index contributed by atoms with van der Waals surface area (Å²) in [6.07, 6.45) is 6.39. The normalized spacial score (nSPS) is 14.9. The van der Waals surface area contributed by atoms with Gasteiger partial charge < -0.3 is 9.88 Å². The Morgan fingerprint density at radius 3 is 2.75 bits per heavy atom. The second kappa shape index (κ2) is 8.69. The van der Waals surface area contributed by atoms with Crippen molar-refractivity contribution in [2.75, 3.05) is 20.1 Å². The van der Waals surface area contributed by atoms with Gasteiger partial charge in [-0.25, -0.2) is 13.4 Å². The first-order valence-corrected chi connectivity index (χ1v) is 12.2. The highest BCUT2D eigenvalue weighted by Crippen LogP contribution is 2.30. The Morgan fingerprint density at radius 1 is 1.28 bits per heavy atom. The van der Waals surface area contributed by atoms with Gasteiger partial charge in [0.2, 0.25) is 10.0 Å². The Labute approximate surface area is 192 Å². The summed E-state index contributed by atoms with van der Waals surface area (Å²) in [5.74, 6) is -0.282. The van der Waals surface area contributed by atoms with E-state index < -0.39 is 10.0 Å². The highest BCUT2D eigenvalue weighted by atomic mass is 35.5. The SMILES string of the molecule is CC(C)N(C)S(=O)(=O)c1ccc(Cl)c(C(=O)N2CC=C(c3c[nH]c4ncccc34)CC2)c1. The van der Waals surface area contributed by atoms with E-state index in [0.29, 0.717) is 19.5 Å². The number of nitrogens with one attached hydrogen (secondary N) is 1. The van der Waals surface area contributed by atoms with Gasteiger partial charge in [-0.2, -0.15) is 4.31 Å². The average molecular weight is 473 g/mol. The van der Waals surface area contributed by atoms with Gasteiger partial charge in [-0.05, 0) is 56.2 Å². The van der Waals surface area contributed by atoms with Gasteiger partial charge in [-0.15, -0.1) is 0 Å². The molecule has 168 valence electrons. The van der Waals surface area contributed by atoms with E-state index in [0.717, 1.165) is 22.2 Å². The zero-order valence-corrected chi connectivity index (χ0v) is 19.7. The second-order valence-electron chi connectivity index (χ2n) is 8.09. The van der Waals surface area contributed by atoms with Crippen LogP contribution < -0.4 is 0 Å². The monoisotopic (exact) mass is 472 g/mol. The first-order valence-electron chi connectivity index (χ1n) is 10.4. The lowest BCUT2D eigenvalue weighted by Crippen LogP contribution is -2.35. The molecule has 0 atom stereocenters. The molecule has 2 aromatic heterocycles. The molecule has 4 rings (SSSR count). The van der Waals surface area contributed by atoms with Crippen LogP contribution in [-0.2, 0) is 10.0 Å². The second-order valence-corrected chi connectivity index (χ2v) is 10.5. The maximum atomic E-state index is 13.2.